The van der Waals surface area contributed by atoms with Gasteiger partial charge in [0.15, 0.2) is 0 Å². The minimum Gasteiger partial charge on any atom is -0.457 e. The fourth-order valence-electron chi connectivity index (χ4n) is 3.80. The summed E-state index contributed by atoms with van der Waals surface area (Å²) in [5.74, 6) is 2.94. The molecule has 0 N–H and O–H groups in total. The van der Waals surface area contributed by atoms with Crippen molar-refractivity contribution in [2.24, 2.45) is 0 Å². The summed E-state index contributed by atoms with van der Waals surface area (Å²) in [6.45, 7) is 2.63. The summed E-state index contributed by atoms with van der Waals surface area (Å²) in [5, 5.41) is 0. The third-order valence-electron chi connectivity index (χ3n) is 5.49. The Kier molecular flexibility index (Phi) is 5.53. The van der Waals surface area contributed by atoms with Crippen LogP contribution >= 0.6 is 0 Å². The van der Waals surface area contributed by atoms with Crippen molar-refractivity contribution >= 4 is 11.7 Å². The molecule has 7 nitrogen and oxygen atoms in total. The van der Waals surface area contributed by atoms with Gasteiger partial charge in [-0.05, 0) is 36.4 Å². The van der Waals surface area contributed by atoms with E-state index in [-0.39, 0.29) is 5.91 Å². The lowest BCUT2D eigenvalue weighted by molar-refractivity contribution is 0.0744. The smallest absolute Gasteiger partial charge is 0.257 e. The van der Waals surface area contributed by atoms with Crippen molar-refractivity contribution in [2.45, 2.75) is 0 Å². The summed E-state index contributed by atoms with van der Waals surface area (Å²) >= 11 is 0. The van der Waals surface area contributed by atoms with Crippen LogP contribution in [0.15, 0.2) is 91.5 Å². The molecule has 7 heteroatoms. The van der Waals surface area contributed by atoms with Crippen molar-refractivity contribution in [1.29, 1.82) is 0 Å². The predicted molar refractivity (Wildman–Crippen MR) is 122 cm³/mol. The molecule has 2 aromatic heterocycles. The van der Waals surface area contributed by atoms with Crippen molar-refractivity contribution < 1.29 is 9.53 Å². The highest BCUT2D eigenvalue weighted by Crippen LogP contribution is 2.27. The lowest BCUT2D eigenvalue weighted by Gasteiger charge is -2.35. The van der Waals surface area contributed by atoms with Crippen LogP contribution in [0.2, 0.25) is 0 Å². The number of para-hydroxylation sites is 2. The van der Waals surface area contributed by atoms with Crippen LogP contribution in [0.1, 0.15) is 10.4 Å². The molecule has 1 saturated heterocycles. The summed E-state index contributed by atoms with van der Waals surface area (Å²) in [6.07, 6.45) is 5.49. The fraction of sp³-hybridized carbons (Fsp3) is 0.160. The Morgan fingerprint density at radius 3 is 2.25 bits per heavy atom. The summed E-state index contributed by atoms with van der Waals surface area (Å²) in [7, 11) is 0. The van der Waals surface area contributed by atoms with Gasteiger partial charge in [-0.15, -0.1) is 0 Å². The maximum absolute atomic E-state index is 13.3. The Labute approximate surface area is 186 Å². The van der Waals surface area contributed by atoms with Gasteiger partial charge >= 0.3 is 0 Å². The Bertz CT molecular complexity index is 1190. The second-order valence-electron chi connectivity index (χ2n) is 7.52. The number of rotatable bonds is 5. The number of hydrogen-bond donors (Lipinski definition) is 0. The molecule has 160 valence electrons. The van der Waals surface area contributed by atoms with E-state index in [2.05, 4.69) is 14.9 Å². The number of ether oxygens (including phenoxy) is 1. The van der Waals surface area contributed by atoms with Crippen LogP contribution in [0.3, 0.4) is 0 Å². The van der Waals surface area contributed by atoms with Gasteiger partial charge < -0.3 is 19.1 Å². The van der Waals surface area contributed by atoms with Crippen LogP contribution in [-0.4, -0.2) is 51.5 Å². The molecule has 2 aromatic carbocycles. The minimum atomic E-state index is -0.0214. The third kappa shape index (κ3) is 4.18. The lowest BCUT2D eigenvalue weighted by Crippen LogP contribution is -2.49. The van der Waals surface area contributed by atoms with Crippen molar-refractivity contribution in [3.05, 3.63) is 97.1 Å². The first-order valence-electron chi connectivity index (χ1n) is 10.6. The van der Waals surface area contributed by atoms with Gasteiger partial charge in [0, 0.05) is 44.6 Å². The van der Waals surface area contributed by atoms with E-state index >= 15 is 0 Å². The number of benzene rings is 2. The molecule has 0 atom stereocenters. The molecule has 1 aliphatic heterocycles. The van der Waals surface area contributed by atoms with Crippen LogP contribution in [-0.2, 0) is 0 Å². The molecule has 1 fully saturated rings. The molecule has 32 heavy (non-hydrogen) atoms. The summed E-state index contributed by atoms with van der Waals surface area (Å²) < 4.78 is 7.94. The van der Waals surface area contributed by atoms with Crippen LogP contribution in [0.4, 0.5) is 5.82 Å². The predicted octanol–water partition coefficient (Wildman–Crippen LogP) is 4.02. The summed E-state index contributed by atoms with van der Waals surface area (Å²) in [6, 6.07) is 22.8. The quantitative estimate of drug-likeness (QED) is 0.483. The van der Waals surface area contributed by atoms with E-state index in [0.717, 1.165) is 11.6 Å². The molecule has 0 radical (unpaired) electrons. The monoisotopic (exact) mass is 425 g/mol. The van der Waals surface area contributed by atoms with Crippen molar-refractivity contribution in [3.8, 4) is 17.3 Å². The van der Waals surface area contributed by atoms with Crippen molar-refractivity contribution in [2.75, 3.05) is 31.1 Å². The number of hydrogen-bond acceptors (Lipinski definition) is 5. The molecule has 0 spiro atoms. The van der Waals surface area contributed by atoms with Gasteiger partial charge in [0.25, 0.3) is 5.91 Å². The number of amides is 1. The maximum Gasteiger partial charge on any atom is 0.257 e. The SMILES string of the molecule is O=C(c1ccccc1Oc1ccccc1)N1CCN(c2cc(-n3cccc3)ncn2)CC1. The highest BCUT2D eigenvalue weighted by molar-refractivity contribution is 5.97. The van der Waals surface area contributed by atoms with Gasteiger partial charge in [-0.2, -0.15) is 0 Å². The van der Waals surface area contributed by atoms with E-state index in [1.807, 2.05) is 94.7 Å². The number of anilines is 1. The number of carbonyl (C=O) groups is 1. The van der Waals surface area contributed by atoms with Crippen molar-refractivity contribution in [1.82, 2.24) is 19.4 Å². The zero-order chi connectivity index (χ0) is 21.8. The maximum atomic E-state index is 13.3. The molecular formula is C25H23N5O2. The first-order chi connectivity index (χ1) is 15.8. The zero-order valence-corrected chi connectivity index (χ0v) is 17.5. The van der Waals surface area contributed by atoms with Gasteiger partial charge in [0.2, 0.25) is 0 Å². The highest BCUT2D eigenvalue weighted by atomic mass is 16.5. The molecule has 4 aromatic rings. The number of aromatic nitrogens is 3. The molecular weight excluding hydrogens is 402 g/mol. The van der Waals surface area contributed by atoms with E-state index in [9.17, 15) is 4.79 Å². The van der Waals surface area contributed by atoms with Gasteiger partial charge in [-0.1, -0.05) is 30.3 Å². The zero-order valence-electron chi connectivity index (χ0n) is 17.5. The molecule has 0 saturated carbocycles. The van der Waals surface area contributed by atoms with Gasteiger partial charge in [0.05, 0.1) is 5.56 Å². The van der Waals surface area contributed by atoms with E-state index < -0.39 is 0 Å². The summed E-state index contributed by atoms with van der Waals surface area (Å²) in [4.78, 5) is 26.1. The first kappa shape index (κ1) is 19.8. The first-order valence-corrected chi connectivity index (χ1v) is 10.6. The van der Waals surface area contributed by atoms with E-state index in [1.165, 1.54) is 0 Å². The van der Waals surface area contributed by atoms with Crippen LogP contribution in [0.5, 0.6) is 11.5 Å². The third-order valence-corrected chi connectivity index (χ3v) is 5.49. The van der Waals surface area contributed by atoms with Crippen LogP contribution in [0, 0.1) is 0 Å². The molecule has 5 rings (SSSR count). The van der Waals surface area contributed by atoms with E-state index in [1.54, 1.807) is 6.33 Å². The van der Waals surface area contributed by atoms with E-state index in [4.69, 9.17) is 4.74 Å². The molecule has 0 unspecified atom stereocenters. The highest BCUT2D eigenvalue weighted by Gasteiger charge is 2.25. The van der Waals surface area contributed by atoms with Crippen LogP contribution in [0.25, 0.3) is 5.82 Å². The fourth-order valence-corrected chi connectivity index (χ4v) is 3.80. The van der Waals surface area contributed by atoms with Gasteiger partial charge in [-0.25, -0.2) is 9.97 Å². The van der Waals surface area contributed by atoms with E-state index in [0.29, 0.717) is 43.2 Å². The molecule has 1 amide bonds. The second kappa shape index (κ2) is 8.93. The number of piperazine rings is 1. The lowest BCUT2D eigenvalue weighted by atomic mass is 10.1. The second-order valence-corrected chi connectivity index (χ2v) is 7.52. The average molecular weight is 425 g/mol. The topological polar surface area (TPSA) is 63.5 Å². The Hall–Kier alpha value is -4.13. The molecule has 0 bridgehead atoms. The number of nitrogens with zero attached hydrogens (tertiary/aromatic N) is 5. The van der Waals surface area contributed by atoms with Gasteiger partial charge in [0.1, 0.15) is 29.5 Å². The number of carbonyl (C=O) groups excluding carboxylic acids is 1. The van der Waals surface area contributed by atoms with Crippen molar-refractivity contribution in [3.63, 3.8) is 0 Å². The molecule has 0 aliphatic carbocycles. The summed E-state index contributed by atoms with van der Waals surface area (Å²) in [5.41, 5.74) is 0.571. The minimum absolute atomic E-state index is 0.0214. The van der Waals surface area contributed by atoms with Crippen LogP contribution < -0.4 is 9.64 Å². The molecule has 1 aliphatic rings. The van der Waals surface area contributed by atoms with Gasteiger partial charge in [-0.3, -0.25) is 4.79 Å². The average Bonchev–Trinajstić information content (AvgIpc) is 3.40. The Balaban J connectivity index is 1.27. The largest absolute Gasteiger partial charge is 0.457 e. The Morgan fingerprint density at radius 1 is 0.781 bits per heavy atom. The standard InChI is InChI=1S/C25H23N5O2/c31-25(21-10-4-5-11-22(21)32-20-8-2-1-3-9-20)30-16-14-29(15-17-30)24-18-23(26-19-27-24)28-12-6-7-13-28/h1-13,18-19H,14-17H2. The normalized spacial score (nSPS) is 13.8. The Morgan fingerprint density at radius 2 is 1.47 bits per heavy atom. The molecule has 3 heterocycles.